The van der Waals surface area contributed by atoms with Gasteiger partial charge in [-0.3, -0.25) is 4.79 Å². The molecule has 3 heterocycles. The van der Waals surface area contributed by atoms with Crippen LogP contribution in [0.5, 0.6) is 11.6 Å². The van der Waals surface area contributed by atoms with Gasteiger partial charge in [0.15, 0.2) is 5.65 Å². The van der Waals surface area contributed by atoms with Crippen molar-refractivity contribution in [3.8, 4) is 22.8 Å². The summed E-state index contributed by atoms with van der Waals surface area (Å²) in [5, 5.41) is 7.09. The van der Waals surface area contributed by atoms with E-state index in [0.29, 0.717) is 30.3 Å². The molecule has 3 N–H and O–H groups in total. The number of aromatic nitrogens is 4. The summed E-state index contributed by atoms with van der Waals surface area (Å²) in [5.74, 6) is 1.63. The number of nitrogens with zero attached hydrogens (tertiary/aromatic N) is 4. The van der Waals surface area contributed by atoms with Crippen molar-refractivity contribution in [1.82, 2.24) is 24.9 Å². The summed E-state index contributed by atoms with van der Waals surface area (Å²) in [6.45, 7) is 2.92. The van der Waals surface area contributed by atoms with E-state index in [1.165, 1.54) is 20.0 Å². The van der Waals surface area contributed by atoms with E-state index in [1.54, 1.807) is 16.8 Å². The fourth-order valence-corrected chi connectivity index (χ4v) is 3.81. The molecule has 4 aromatic rings. The summed E-state index contributed by atoms with van der Waals surface area (Å²) in [4.78, 5) is 21.9. The molecule has 1 aromatic carbocycles. The molecule has 1 aliphatic carbocycles. The lowest BCUT2D eigenvalue weighted by Crippen LogP contribution is -2.24. The second-order valence-corrected chi connectivity index (χ2v) is 8.41. The number of carbonyl (C=O) groups is 1. The number of nitrogens with one attached hydrogen (secondary N) is 1. The van der Waals surface area contributed by atoms with Crippen LogP contribution in [0.3, 0.4) is 0 Å². The number of fused-ring (bicyclic) bond motifs is 1. The van der Waals surface area contributed by atoms with Crippen LogP contribution in [0.2, 0.25) is 0 Å². The van der Waals surface area contributed by atoms with Gasteiger partial charge in [-0.25, -0.2) is 9.50 Å². The molecule has 1 saturated carbocycles. The predicted octanol–water partition coefficient (Wildman–Crippen LogP) is 3.41. The number of hydrogen-bond acceptors (Lipinski definition) is 7. The average Bonchev–Trinajstić information content (AvgIpc) is 3.60. The number of nitrogen functional groups attached to an aromatic ring is 1. The van der Waals surface area contributed by atoms with Crippen LogP contribution in [0.1, 0.15) is 34.5 Å². The minimum Gasteiger partial charge on any atom is -0.493 e. The second kappa shape index (κ2) is 9.01. The minimum absolute atomic E-state index is 0.197. The first kappa shape index (κ1) is 21.7. The van der Waals surface area contributed by atoms with Crippen molar-refractivity contribution in [2.45, 2.75) is 26.3 Å². The Balaban J connectivity index is 1.39. The van der Waals surface area contributed by atoms with Crippen LogP contribution >= 0.6 is 0 Å². The Kier molecular flexibility index (Phi) is 5.75. The monoisotopic (exact) mass is 458 g/mol. The van der Waals surface area contributed by atoms with E-state index in [-0.39, 0.29) is 17.7 Å². The van der Waals surface area contributed by atoms with Crippen LogP contribution in [0.25, 0.3) is 16.8 Å². The van der Waals surface area contributed by atoms with Crippen molar-refractivity contribution >= 4 is 17.5 Å². The Labute approximate surface area is 196 Å². The third-order valence-electron chi connectivity index (χ3n) is 5.86. The van der Waals surface area contributed by atoms with E-state index in [4.69, 9.17) is 15.2 Å². The third-order valence-corrected chi connectivity index (χ3v) is 5.86. The zero-order valence-corrected chi connectivity index (χ0v) is 19.1. The van der Waals surface area contributed by atoms with Crippen LogP contribution in [0, 0.1) is 12.8 Å². The van der Waals surface area contributed by atoms with Crippen molar-refractivity contribution in [3.63, 3.8) is 0 Å². The molecule has 0 radical (unpaired) electrons. The number of nitrogens with two attached hydrogens (primary N) is 1. The Hall–Kier alpha value is -4.14. The van der Waals surface area contributed by atoms with Gasteiger partial charge in [0.25, 0.3) is 5.91 Å². The molecule has 0 spiro atoms. The number of pyridine rings is 2. The molecule has 5 rings (SSSR count). The van der Waals surface area contributed by atoms with Crippen LogP contribution in [-0.4, -0.2) is 39.2 Å². The van der Waals surface area contributed by atoms with Gasteiger partial charge >= 0.3 is 0 Å². The SMILES string of the molecule is COc1nc(C)c(-c2ccn3nc(N)nc3c2)cc1C(=O)NCc1ccccc1OCC1CC1. The molecule has 0 bridgehead atoms. The largest absolute Gasteiger partial charge is 0.493 e. The minimum atomic E-state index is -0.282. The number of aryl methyl sites for hydroxylation is 1. The fourth-order valence-electron chi connectivity index (χ4n) is 3.81. The number of hydrogen-bond donors (Lipinski definition) is 2. The summed E-state index contributed by atoms with van der Waals surface area (Å²) in [7, 11) is 1.50. The zero-order chi connectivity index (χ0) is 23.7. The molecular weight excluding hydrogens is 432 g/mol. The highest BCUT2D eigenvalue weighted by atomic mass is 16.5. The number of amides is 1. The van der Waals surface area contributed by atoms with E-state index >= 15 is 0 Å². The lowest BCUT2D eigenvalue weighted by atomic mass is 10.0. The molecule has 1 amide bonds. The topological polar surface area (TPSA) is 117 Å². The highest BCUT2D eigenvalue weighted by Crippen LogP contribution is 2.31. The van der Waals surface area contributed by atoms with Crippen LogP contribution in [-0.2, 0) is 6.54 Å². The Morgan fingerprint density at radius 2 is 2.03 bits per heavy atom. The van der Waals surface area contributed by atoms with Gasteiger partial charge in [0, 0.05) is 29.6 Å². The summed E-state index contributed by atoms with van der Waals surface area (Å²) < 4.78 is 13.0. The molecule has 3 aromatic heterocycles. The molecular formula is C25H26N6O3. The molecule has 0 aliphatic heterocycles. The summed E-state index contributed by atoms with van der Waals surface area (Å²) in [6.07, 6.45) is 4.22. The molecule has 9 heteroatoms. The average molecular weight is 459 g/mol. The van der Waals surface area contributed by atoms with E-state index in [1.807, 2.05) is 43.3 Å². The van der Waals surface area contributed by atoms with Gasteiger partial charge in [-0.05, 0) is 55.5 Å². The quantitative estimate of drug-likeness (QED) is 0.416. The van der Waals surface area contributed by atoms with Crippen LogP contribution in [0.15, 0.2) is 48.7 Å². The smallest absolute Gasteiger partial charge is 0.257 e. The first-order valence-electron chi connectivity index (χ1n) is 11.2. The number of anilines is 1. The molecule has 1 fully saturated rings. The van der Waals surface area contributed by atoms with E-state index in [0.717, 1.165) is 28.1 Å². The molecule has 9 nitrogen and oxygen atoms in total. The third kappa shape index (κ3) is 4.50. The highest BCUT2D eigenvalue weighted by Gasteiger charge is 2.23. The molecule has 1 aliphatic rings. The van der Waals surface area contributed by atoms with Crippen molar-refractivity contribution in [3.05, 3.63) is 65.5 Å². The molecule has 0 atom stereocenters. The van der Waals surface area contributed by atoms with Crippen molar-refractivity contribution in [2.24, 2.45) is 5.92 Å². The summed E-state index contributed by atoms with van der Waals surface area (Å²) in [5.41, 5.74) is 9.95. The van der Waals surface area contributed by atoms with Gasteiger partial charge in [0.2, 0.25) is 11.8 Å². The van der Waals surface area contributed by atoms with Gasteiger partial charge in [0.05, 0.1) is 13.7 Å². The number of carbonyl (C=O) groups excluding carboxylic acids is 1. The lowest BCUT2D eigenvalue weighted by Gasteiger charge is -2.14. The van der Waals surface area contributed by atoms with Crippen molar-refractivity contribution < 1.29 is 14.3 Å². The fraction of sp³-hybridized carbons (Fsp3) is 0.280. The Morgan fingerprint density at radius 3 is 2.82 bits per heavy atom. The number of ether oxygens (including phenoxy) is 2. The van der Waals surface area contributed by atoms with E-state index in [2.05, 4.69) is 20.4 Å². The Bertz CT molecular complexity index is 1360. The maximum atomic E-state index is 13.2. The maximum absolute atomic E-state index is 13.2. The van der Waals surface area contributed by atoms with Crippen molar-refractivity contribution in [1.29, 1.82) is 0 Å². The molecule has 0 unspecified atom stereocenters. The second-order valence-electron chi connectivity index (χ2n) is 8.41. The van der Waals surface area contributed by atoms with Crippen molar-refractivity contribution in [2.75, 3.05) is 19.5 Å². The summed E-state index contributed by atoms with van der Waals surface area (Å²) >= 11 is 0. The normalized spacial score (nSPS) is 13.1. The Morgan fingerprint density at radius 1 is 1.21 bits per heavy atom. The summed E-state index contributed by atoms with van der Waals surface area (Å²) in [6, 6.07) is 13.3. The first-order valence-corrected chi connectivity index (χ1v) is 11.2. The van der Waals surface area contributed by atoms with E-state index < -0.39 is 0 Å². The number of benzene rings is 1. The number of para-hydroxylation sites is 1. The van der Waals surface area contributed by atoms with Gasteiger partial charge in [0.1, 0.15) is 11.3 Å². The first-order chi connectivity index (χ1) is 16.5. The molecule has 0 saturated heterocycles. The van der Waals surface area contributed by atoms with E-state index in [9.17, 15) is 4.79 Å². The molecule has 34 heavy (non-hydrogen) atoms. The van der Waals surface area contributed by atoms with Crippen LogP contribution < -0.4 is 20.5 Å². The van der Waals surface area contributed by atoms with Gasteiger partial charge in [-0.2, -0.15) is 4.98 Å². The van der Waals surface area contributed by atoms with Gasteiger partial charge < -0.3 is 20.5 Å². The maximum Gasteiger partial charge on any atom is 0.257 e. The number of methoxy groups -OCH3 is 1. The highest BCUT2D eigenvalue weighted by molar-refractivity contribution is 5.97. The standard InChI is InChI=1S/C25H26N6O3/c1-15-19(17-9-10-31-22(11-17)29-25(26)30-31)12-20(24(28-15)33-2)23(32)27-13-18-5-3-4-6-21(18)34-14-16-7-8-16/h3-6,9-12,16H,7-8,13-14H2,1-2H3,(H2,26,30)(H,27,32). The predicted molar refractivity (Wildman–Crippen MR) is 128 cm³/mol. The molecule has 174 valence electrons. The number of rotatable bonds is 8. The lowest BCUT2D eigenvalue weighted by molar-refractivity contribution is 0.0947. The zero-order valence-electron chi connectivity index (χ0n) is 19.1. The van der Waals surface area contributed by atoms with Gasteiger partial charge in [-0.1, -0.05) is 18.2 Å². The van der Waals surface area contributed by atoms with Gasteiger partial charge in [-0.15, -0.1) is 5.10 Å². The van der Waals surface area contributed by atoms with Crippen LogP contribution in [0.4, 0.5) is 5.95 Å².